The van der Waals surface area contributed by atoms with Crippen molar-refractivity contribution in [1.82, 2.24) is 5.32 Å². The van der Waals surface area contributed by atoms with Crippen LogP contribution in [-0.4, -0.2) is 34.9 Å². The minimum absolute atomic E-state index is 0.0473. The van der Waals surface area contributed by atoms with E-state index >= 15 is 0 Å². The van der Waals surface area contributed by atoms with E-state index in [4.69, 9.17) is 0 Å². The molecule has 3 N–H and O–H groups in total. The molecule has 2 aromatic rings. The highest BCUT2D eigenvalue weighted by Crippen LogP contribution is 2.29. The van der Waals surface area contributed by atoms with Gasteiger partial charge in [-0.1, -0.05) is 60.7 Å². The van der Waals surface area contributed by atoms with E-state index in [2.05, 4.69) is 5.32 Å². The van der Waals surface area contributed by atoms with Gasteiger partial charge in [0, 0.05) is 18.6 Å². The van der Waals surface area contributed by atoms with Crippen molar-refractivity contribution in [3.8, 4) is 0 Å². The Labute approximate surface area is 142 Å². The van der Waals surface area contributed by atoms with Crippen molar-refractivity contribution >= 4 is 5.91 Å². The Morgan fingerprint density at radius 1 is 1.00 bits per heavy atom. The predicted octanol–water partition coefficient (Wildman–Crippen LogP) is 2.07. The fraction of sp³-hybridized carbons (Fsp3) is 0.350. The van der Waals surface area contributed by atoms with Gasteiger partial charge >= 0.3 is 0 Å². The zero-order valence-electron chi connectivity index (χ0n) is 13.5. The van der Waals surface area contributed by atoms with E-state index in [1.54, 1.807) is 0 Å². The lowest BCUT2D eigenvalue weighted by Crippen LogP contribution is -2.37. The van der Waals surface area contributed by atoms with Crippen molar-refractivity contribution in [1.29, 1.82) is 0 Å². The number of benzene rings is 2. The van der Waals surface area contributed by atoms with E-state index in [0.29, 0.717) is 12.8 Å². The molecule has 3 unspecified atom stereocenters. The van der Waals surface area contributed by atoms with E-state index in [-0.39, 0.29) is 30.4 Å². The van der Waals surface area contributed by atoms with E-state index < -0.39 is 6.10 Å². The first-order valence-corrected chi connectivity index (χ1v) is 8.38. The normalized spacial score (nSPS) is 23.4. The third kappa shape index (κ3) is 3.66. The molecular weight excluding hydrogens is 302 g/mol. The molecule has 0 heterocycles. The summed E-state index contributed by atoms with van der Waals surface area (Å²) in [5.41, 5.74) is 1.89. The quantitative estimate of drug-likeness (QED) is 0.788. The molecule has 0 saturated heterocycles. The molecule has 2 aromatic carbocycles. The first kappa shape index (κ1) is 16.7. The molecule has 0 bridgehead atoms. The lowest BCUT2D eigenvalue weighted by Gasteiger charge is -2.21. The van der Waals surface area contributed by atoms with Crippen molar-refractivity contribution in [2.75, 3.05) is 6.61 Å². The van der Waals surface area contributed by atoms with Crippen LogP contribution in [0.2, 0.25) is 0 Å². The molecule has 0 radical (unpaired) electrons. The standard InChI is InChI=1S/C20H23NO3/c22-13-16-11-17(12-18(16)23)21-20(24)19(14-7-3-1-4-8-14)15-9-5-2-6-10-15/h1-10,16-19,22-23H,11-13H2,(H,21,24). The smallest absolute Gasteiger partial charge is 0.232 e. The van der Waals surface area contributed by atoms with Crippen LogP contribution in [0.4, 0.5) is 0 Å². The number of hydrogen-bond donors (Lipinski definition) is 3. The van der Waals surface area contributed by atoms with E-state index in [0.717, 1.165) is 11.1 Å². The average molecular weight is 325 g/mol. The zero-order valence-corrected chi connectivity index (χ0v) is 13.5. The second kappa shape index (κ2) is 7.60. The summed E-state index contributed by atoms with van der Waals surface area (Å²) in [4.78, 5) is 12.9. The molecule has 0 aliphatic heterocycles. The Hall–Kier alpha value is -2.17. The molecule has 1 amide bonds. The summed E-state index contributed by atoms with van der Waals surface area (Å²) in [6.07, 6.45) is 0.555. The number of nitrogens with one attached hydrogen (secondary N) is 1. The largest absolute Gasteiger partial charge is 0.396 e. The molecule has 126 valence electrons. The van der Waals surface area contributed by atoms with Gasteiger partial charge in [0.25, 0.3) is 0 Å². The van der Waals surface area contributed by atoms with Crippen LogP contribution >= 0.6 is 0 Å². The maximum Gasteiger partial charge on any atom is 0.232 e. The van der Waals surface area contributed by atoms with Gasteiger partial charge in [0.15, 0.2) is 0 Å². The summed E-state index contributed by atoms with van der Waals surface area (Å²) in [7, 11) is 0. The second-order valence-electron chi connectivity index (χ2n) is 6.44. The molecule has 0 spiro atoms. The summed E-state index contributed by atoms with van der Waals surface area (Å²) in [6.45, 7) is -0.0473. The van der Waals surface area contributed by atoms with Gasteiger partial charge in [0.05, 0.1) is 12.0 Å². The van der Waals surface area contributed by atoms with Crippen LogP contribution in [0.5, 0.6) is 0 Å². The number of carbonyl (C=O) groups is 1. The van der Waals surface area contributed by atoms with Gasteiger partial charge in [-0.25, -0.2) is 0 Å². The molecule has 1 aliphatic carbocycles. The monoisotopic (exact) mass is 325 g/mol. The third-order valence-electron chi connectivity index (χ3n) is 4.77. The van der Waals surface area contributed by atoms with Crippen LogP contribution in [0.1, 0.15) is 29.9 Å². The number of hydrogen-bond acceptors (Lipinski definition) is 3. The number of amides is 1. The highest BCUT2D eigenvalue weighted by molar-refractivity contribution is 5.87. The molecule has 24 heavy (non-hydrogen) atoms. The minimum Gasteiger partial charge on any atom is -0.396 e. The maximum absolute atomic E-state index is 12.9. The second-order valence-corrected chi connectivity index (χ2v) is 6.44. The number of aliphatic hydroxyl groups excluding tert-OH is 2. The Morgan fingerprint density at radius 2 is 1.54 bits per heavy atom. The molecule has 1 aliphatic rings. The topological polar surface area (TPSA) is 69.6 Å². The van der Waals surface area contributed by atoms with Gasteiger partial charge in [-0.15, -0.1) is 0 Å². The van der Waals surface area contributed by atoms with Gasteiger partial charge in [0.2, 0.25) is 5.91 Å². The van der Waals surface area contributed by atoms with Crippen LogP contribution in [0.15, 0.2) is 60.7 Å². The van der Waals surface area contributed by atoms with Crippen LogP contribution in [0, 0.1) is 5.92 Å². The Bertz CT molecular complexity index is 620. The Morgan fingerprint density at radius 3 is 2.00 bits per heavy atom. The van der Waals surface area contributed by atoms with Crippen molar-refractivity contribution in [2.24, 2.45) is 5.92 Å². The van der Waals surface area contributed by atoms with E-state index in [1.807, 2.05) is 60.7 Å². The lowest BCUT2D eigenvalue weighted by atomic mass is 9.90. The number of rotatable bonds is 5. The fourth-order valence-electron chi connectivity index (χ4n) is 3.49. The lowest BCUT2D eigenvalue weighted by molar-refractivity contribution is -0.122. The summed E-state index contributed by atoms with van der Waals surface area (Å²) in [5.74, 6) is -0.594. The van der Waals surface area contributed by atoms with Crippen LogP contribution < -0.4 is 5.32 Å². The van der Waals surface area contributed by atoms with Gasteiger partial charge in [-0.3, -0.25) is 4.79 Å². The third-order valence-corrected chi connectivity index (χ3v) is 4.77. The molecule has 1 saturated carbocycles. The first-order valence-electron chi connectivity index (χ1n) is 8.38. The Kier molecular flexibility index (Phi) is 5.28. The van der Waals surface area contributed by atoms with Crippen molar-refractivity contribution in [3.63, 3.8) is 0 Å². The minimum atomic E-state index is -0.549. The average Bonchev–Trinajstić information content (AvgIpc) is 2.96. The molecule has 1 fully saturated rings. The number of carbonyl (C=O) groups excluding carboxylic acids is 1. The van der Waals surface area contributed by atoms with E-state index in [1.165, 1.54) is 0 Å². The van der Waals surface area contributed by atoms with Crippen molar-refractivity contribution < 1.29 is 15.0 Å². The Balaban J connectivity index is 1.80. The predicted molar refractivity (Wildman–Crippen MR) is 92.5 cm³/mol. The SMILES string of the molecule is O=C(NC1CC(O)C(CO)C1)C(c1ccccc1)c1ccccc1. The molecule has 4 heteroatoms. The van der Waals surface area contributed by atoms with Gasteiger partial charge in [0.1, 0.15) is 0 Å². The summed E-state index contributed by atoms with van der Waals surface area (Å²) < 4.78 is 0. The van der Waals surface area contributed by atoms with E-state index in [9.17, 15) is 15.0 Å². The summed E-state index contributed by atoms with van der Waals surface area (Å²) in [6, 6.07) is 19.3. The number of aliphatic hydroxyl groups is 2. The highest BCUT2D eigenvalue weighted by Gasteiger charge is 2.34. The molecular formula is C20H23NO3. The fourth-order valence-corrected chi connectivity index (χ4v) is 3.49. The van der Waals surface area contributed by atoms with Crippen molar-refractivity contribution in [3.05, 3.63) is 71.8 Å². The summed E-state index contributed by atoms with van der Waals surface area (Å²) in [5, 5.41) is 22.3. The first-order chi connectivity index (χ1) is 11.7. The van der Waals surface area contributed by atoms with Crippen LogP contribution in [0.25, 0.3) is 0 Å². The van der Waals surface area contributed by atoms with Crippen LogP contribution in [0.3, 0.4) is 0 Å². The maximum atomic E-state index is 12.9. The molecule has 3 atom stereocenters. The molecule has 0 aromatic heterocycles. The van der Waals surface area contributed by atoms with Gasteiger partial charge in [-0.2, -0.15) is 0 Å². The molecule has 3 rings (SSSR count). The van der Waals surface area contributed by atoms with Crippen LogP contribution in [-0.2, 0) is 4.79 Å². The van der Waals surface area contributed by atoms with Crippen molar-refractivity contribution in [2.45, 2.75) is 30.9 Å². The highest BCUT2D eigenvalue weighted by atomic mass is 16.3. The van der Waals surface area contributed by atoms with Gasteiger partial charge < -0.3 is 15.5 Å². The van der Waals surface area contributed by atoms with Gasteiger partial charge in [-0.05, 0) is 24.0 Å². The molecule has 4 nitrogen and oxygen atoms in total. The zero-order chi connectivity index (χ0) is 16.9. The summed E-state index contributed by atoms with van der Waals surface area (Å²) >= 11 is 0.